The molecule has 2 N–H and O–H groups in total. The minimum Gasteiger partial charge on any atom is -0.377 e. The van der Waals surface area contributed by atoms with Crippen LogP contribution in [0.3, 0.4) is 0 Å². The van der Waals surface area contributed by atoms with Crippen LogP contribution in [0.2, 0.25) is 0 Å². The van der Waals surface area contributed by atoms with Gasteiger partial charge in [-0.2, -0.15) is 0 Å². The fourth-order valence-electron chi connectivity index (χ4n) is 2.30. The molecule has 1 atom stereocenters. The summed E-state index contributed by atoms with van der Waals surface area (Å²) in [4.78, 5) is 2.52. The summed E-state index contributed by atoms with van der Waals surface area (Å²) in [6.07, 6.45) is 3.71. The molecule has 2 aliphatic rings. The minimum atomic E-state index is 0.0742. The molecule has 1 unspecified atom stereocenters. The third kappa shape index (κ3) is 1.49. The van der Waals surface area contributed by atoms with E-state index in [4.69, 9.17) is 10.5 Å². The molecule has 2 fully saturated rings. The normalized spacial score (nSPS) is 38.1. The summed E-state index contributed by atoms with van der Waals surface area (Å²) >= 11 is 0. The number of ether oxygens (including phenoxy) is 1. The molecule has 2 rings (SSSR count). The Hall–Kier alpha value is -0.120. The summed E-state index contributed by atoms with van der Waals surface area (Å²) in [5.74, 6) is 0. The van der Waals surface area contributed by atoms with Crippen molar-refractivity contribution < 1.29 is 4.74 Å². The maximum absolute atomic E-state index is 5.80. The Labute approximate surface area is 80.2 Å². The Bertz CT molecular complexity index is 203. The highest BCUT2D eigenvalue weighted by Crippen LogP contribution is 2.44. The number of hydrogen-bond acceptors (Lipinski definition) is 3. The van der Waals surface area contributed by atoms with Crippen molar-refractivity contribution in [1.29, 1.82) is 0 Å². The van der Waals surface area contributed by atoms with Crippen LogP contribution in [-0.4, -0.2) is 42.8 Å². The monoisotopic (exact) mass is 184 g/mol. The Morgan fingerprint density at radius 2 is 2.08 bits per heavy atom. The molecule has 0 bridgehead atoms. The fraction of sp³-hybridized carbons (Fsp3) is 1.00. The Kier molecular flexibility index (Phi) is 2.13. The molecule has 3 nitrogen and oxygen atoms in total. The van der Waals surface area contributed by atoms with Gasteiger partial charge < -0.3 is 10.5 Å². The van der Waals surface area contributed by atoms with Crippen molar-refractivity contribution in [2.24, 2.45) is 5.73 Å². The van der Waals surface area contributed by atoms with Crippen LogP contribution >= 0.6 is 0 Å². The largest absolute Gasteiger partial charge is 0.377 e. The van der Waals surface area contributed by atoms with Crippen LogP contribution in [0.1, 0.15) is 26.2 Å². The molecule has 1 heterocycles. The van der Waals surface area contributed by atoms with E-state index in [1.807, 2.05) is 7.11 Å². The molecule has 3 heteroatoms. The molecular weight excluding hydrogens is 164 g/mol. The molecule has 1 saturated carbocycles. The molecule has 1 aliphatic carbocycles. The summed E-state index contributed by atoms with van der Waals surface area (Å²) < 4.78 is 5.51. The van der Waals surface area contributed by atoms with Gasteiger partial charge in [-0.05, 0) is 26.2 Å². The second-order valence-electron chi connectivity index (χ2n) is 4.75. The molecule has 13 heavy (non-hydrogen) atoms. The van der Waals surface area contributed by atoms with Crippen LogP contribution < -0.4 is 5.73 Å². The lowest BCUT2D eigenvalue weighted by Gasteiger charge is -2.28. The Morgan fingerprint density at radius 3 is 2.46 bits per heavy atom. The lowest BCUT2D eigenvalue weighted by atomic mass is 10.1. The van der Waals surface area contributed by atoms with Gasteiger partial charge in [0, 0.05) is 32.3 Å². The van der Waals surface area contributed by atoms with Crippen LogP contribution in [0.4, 0.5) is 0 Å². The van der Waals surface area contributed by atoms with Gasteiger partial charge in [0.05, 0.1) is 5.60 Å². The van der Waals surface area contributed by atoms with E-state index >= 15 is 0 Å². The zero-order valence-corrected chi connectivity index (χ0v) is 8.68. The van der Waals surface area contributed by atoms with Crippen molar-refractivity contribution in [1.82, 2.24) is 4.90 Å². The first kappa shape index (κ1) is 9.44. The highest BCUT2D eigenvalue weighted by Gasteiger charge is 2.51. The van der Waals surface area contributed by atoms with Crippen molar-refractivity contribution in [3.63, 3.8) is 0 Å². The first-order valence-corrected chi connectivity index (χ1v) is 5.14. The van der Waals surface area contributed by atoms with Gasteiger partial charge in [-0.1, -0.05) is 0 Å². The number of likely N-dealkylation sites (tertiary alicyclic amines) is 1. The summed E-state index contributed by atoms with van der Waals surface area (Å²) in [7, 11) is 1.81. The molecule has 1 saturated heterocycles. The highest BCUT2D eigenvalue weighted by molar-refractivity contribution is 5.08. The van der Waals surface area contributed by atoms with E-state index in [0.29, 0.717) is 5.54 Å². The quantitative estimate of drug-likeness (QED) is 0.697. The van der Waals surface area contributed by atoms with Crippen LogP contribution in [-0.2, 0) is 4.74 Å². The average molecular weight is 184 g/mol. The van der Waals surface area contributed by atoms with Gasteiger partial charge in [-0.25, -0.2) is 0 Å². The van der Waals surface area contributed by atoms with Crippen molar-refractivity contribution in [2.45, 2.75) is 37.3 Å². The van der Waals surface area contributed by atoms with E-state index in [-0.39, 0.29) is 5.60 Å². The average Bonchev–Trinajstić information content (AvgIpc) is 2.85. The fourth-order valence-corrected chi connectivity index (χ4v) is 2.30. The third-order valence-corrected chi connectivity index (χ3v) is 3.81. The summed E-state index contributed by atoms with van der Waals surface area (Å²) in [5.41, 5.74) is 6.23. The molecule has 0 amide bonds. The summed E-state index contributed by atoms with van der Waals surface area (Å²) in [6, 6.07) is 0. The first-order chi connectivity index (χ1) is 6.14. The van der Waals surface area contributed by atoms with Crippen LogP contribution in [0.5, 0.6) is 0 Å². The van der Waals surface area contributed by atoms with E-state index in [0.717, 1.165) is 26.1 Å². The van der Waals surface area contributed by atoms with E-state index < -0.39 is 0 Å². The number of nitrogens with two attached hydrogens (primary N) is 1. The molecule has 0 aromatic heterocycles. The molecule has 1 aliphatic heterocycles. The lowest BCUT2D eigenvalue weighted by Crippen LogP contribution is -2.43. The lowest BCUT2D eigenvalue weighted by molar-refractivity contribution is 0.00996. The highest BCUT2D eigenvalue weighted by atomic mass is 16.5. The molecule has 0 aromatic rings. The number of hydrogen-bond donors (Lipinski definition) is 1. The van der Waals surface area contributed by atoms with Gasteiger partial charge in [0.2, 0.25) is 0 Å². The minimum absolute atomic E-state index is 0.0742. The first-order valence-electron chi connectivity index (χ1n) is 5.14. The maximum atomic E-state index is 5.80. The van der Waals surface area contributed by atoms with E-state index in [1.165, 1.54) is 12.8 Å². The molecule has 0 radical (unpaired) electrons. The number of rotatable bonds is 3. The smallest absolute Gasteiger partial charge is 0.0789 e. The Morgan fingerprint density at radius 1 is 1.38 bits per heavy atom. The van der Waals surface area contributed by atoms with Gasteiger partial charge in [-0.15, -0.1) is 0 Å². The SMILES string of the molecule is COC1(C)CCN(C2(CN)CC2)C1. The van der Waals surface area contributed by atoms with Gasteiger partial charge in [0.15, 0.2) is 0 Å². The van der Waals surface area contributed by atoms with Crippen molar-refractivity contribution in [3.05, 3.63) is 0 Å². The standard InChI is InChI=1S/C10H20N2O/c1-9(13-2)5-6-12(8-9)10(7-11)3-4-10/h3-8,11H2,1-2H3. The molecule has 76 valence electrons. The Balaban J connectivity index is 1.98. The second-order valence-corrected chi connectivity index (χ2v) is 4.75. The number of methoxy groups -OCH3 is 1. The van der Waals surface area contributed by atoms with Crippen LogP contribution in [0, 0.1) is 0 Å². The van der Waals surface area contributed by atoms with Crippen molar-refractivity contribution in [3.8, 4) is 0 Å². The van der Waals surface area contributed by atoms with Crippen molar-refractivity contribution in [2.75, 3.05) is 26.7 Å². The molecule has 0 spiro atoms. The maximum Gasteiger partial charge on any atom is 0.0789 e. The number of nitrogens with zero attached hydrogens (tertiary/aromatic N) is 1. The molecular formula is C10H20N2O. The second kappa shape index (κ2) is 2.94. The molecule has 0 aromatic carbocycles. The zero-order chi connectivity index (χ0) is 9.53. The summed E-state index contributed by atoms with van der Waals surface area (Å²) in [6.45, 7) is 5.22. The van der Waals surface area contributed by atoms with Crippen molar-refractivity contribution >= 4 is 0 Å². The van der Waals surface area contributed by atoms with E-state index in [1.54, 1.807) is 0 Å². The van der Waals surface area contributed by atoms with Crippen LogP contribution in [0.25, 0.3) is 0 Å². The van der Waals surface area contributed by atoms with Gasteiger partial charge >= 0.3 is 0 Å². The van der Waals surface area contributed by atoms with Gasteiger partial charge in [-0.3, -0.25) is 4.90 Å². The summed E-state index contributed by atoms with van der Waals surface area (Å²) in [5, 5.41) is 0. The van der Waals surface area contributed by atoms with E-state index in [2.05, 4.69) is 11.8 Å². The van der Waals surface area contributed by atoms with Crippen LogP contribution in [0.15, 0.2) is 0 Å². The van der Waals surface area contributed by atoms with Gasteiger partial charge in [0.25, 0.3) is 0 Å². The third-order valence-electron chi connectivity index (χ3n) is 3.81. The predicted molar refractivity (Wildman–Crippen MR) is 52.6 cm³/mol. The van der Waals surface area contributed by atoms with Gasteiger partial charge in [0.1, 0.15) is 0 Å². The predicted octanol–water partition coefficient (Wildman–Crippen LogP) is 0.588. The zero-order valence-electron chi connectivity index (χ0n) is 8.68. The van der Waals surface area contributed by atoms with E-state index in [9.17, 15) is 0 Å². The topological polar surface area (TPSA) is 38.5 Å².